The minimum Gasteiger partial charge on any atom is -0.398 e. The van der Waals surface area contributed by atoms with Gasteiger partial charge in [-0.2, -0.15) is 11.8 Å². The molecule has 1 saturated carbocycles. The van der Waals surface area contributed by atoms with E-state index in [9.17, 15) is 10.1 Å². The van der Waals surface area contributed by atoms with Crippen LogP contribution < -0.4 is 11.1 Å². The van der Waals surface area contributed by atoms with Crippen LogP contribution in [0.25, 0.3) is 0 Å². The van der Waals surface area contributed by atoms with Crippen LogP contribution in [0.4, 0.5) is 17.1 Å². The minimum absolute atomic E-state index is 0.0364. The summed E-state index contributed by atoms with van der Waals surface area (Å²) in [5.41, 5.74) is 6.91. The minimum atomic E-state index is -0.410. The number of nitro groups is 1. The maximum atomic E-state index is 10.8. The summed E-state index contributed by atoms with van der Waals surface area (Å²) < 4.78 is 0.248. The maximum absolute atomic E-state index is 10.8. The monoisotopic (exact) mass is 295 g/mol. The van der Waals surface area contributed by atoms with Gasteiger partial charge in [0.25, 0.3) is 5.69 Å². The van der Waals surface area contributed by atoms with Crippen molar-refractivity contribution in [3.05, 3.63) is 28.3 Å². The van der Waals surface area contributed by atoms with Gasteiger partial charge in [-0.15, -0.1) is 0 Å². The van der Waals surface area contributed by atoms with Crippen molar-refractivity contribution in [3.8, 4) is 0 Å². The first-order valence-corrected chi connectivity index (χ1v) is 8.11. The zero-order valence-corrected chi connectivity index (χ0v) is 12.5. The number of nitro benzene ring substituents is 1. The first-order chi connectivity index (χ1) is 9.54. The zero-order chi connectivity index (χ0) is 14.6. The van der Waals surface area contributed by atoms with E-state index >= 15 is 0 Å². The van der Waals surface area contributed by atoms with Crippen LogP contribution in [0, 0.1) is 10.1 Å². The first-order valence-electron chi connectivity index (χ1n) is 6.89. The predicted octanol–water partition coefficient (Wildman–Crippen LogP) is 3.65. The van der Waals surface area contributed by atoms with Crippen LogP contribution in [0.1, 0.15) is 32.1 Å². The van der Waals surface area contributed by atoms with Gasteiger partial charge in [0.05, 0.1) is 4.92 Å². The Labute approximate surface area is 123 Å². The fraction of sp³-hybridized carbons (Fsp3) is 0.571. The lowest BCUT2D eigenvalue weighted by Crippen LogP contribution is -2.35. The third kappa shape index (κ3) is 3.56. The maximum Gasteiger partial charge on any atom is 0.273 e. The summed E-state index contributed by atoms with van der Waals surface area (Å²) in [6.07, 6.45) is 8.39. The first kappa shape index (κ1) is 15.0. The smallest absolute Gasteiger partial charge is 0.273 e. The number of rotatable bonds is 5. The van der Waals surface area contributed by atoms with E-state index in [1.807, 2.05) is 11.8 Å². The standard InChI is InChI=1S/C14H21N3O2S/c1-20-14(5-3-2-4-6-14)10-16-12-7-11(15)8-13(9-12)17(18)19/h7-9,16H,2-6,10,15H2,1H3. The molecule has 0 amide bonds. The van der Waals surface area contributed by atoms with Crippen molar-refractivity contribution in [2.75, 3.05) is 23.9 Å². The molecule has 1 aromatic carbocycles. The number of benzene rings is 1. The highest BCUT2D eigenvalue weighted by molar-refractivity contribution is 8.00. The van der Waals surface area contributed by atoms with Crippen LogP contribution in [0.15, 0.2) is 18.2 Å². The van der Waals surface area contributed by atoms with Crippen LogP contribution in [0.5, 0.6) is 0 Å². The number of thioether (sulfide) groups is 1. The lowest BCUT2D eigenvalue weighted by atomic mass is 9.88. The highest BCUT2D eigenvalue weighted by Crippen LogP contribution is 2.38. The third-order valence-electron chi connectivity index (χ3n) is 3.96. The molecular formula is C14H21N3O2S. The lowest BCUT2D eigenvalue weighted by molar-refractivity contribution is -0.384. The van der Waals surface area contributed by atoms with Gasteiger partial charge in [0.15, 0.2) is 0 Å². The molecule has 0 bridgehead atoms. The van der Waals surface area contributed by atoms with Gasteiger partial charge in [0, 0.05) is 34.8 Å². The van der Waals surface area contributed by atoms with E-state index in [0.29, 0.717) is 5.69 Å². The van der Waals surface area contributed by atoms with Gasteiger partial charge in [0.2, 0.25) is 0 Å². The average molecular weight is 295 g/mol. The zero-order valence-electron chi connectivity index (χ0n) is 11.7. The number of hydrogen-bond donors (Lipinski definition) is 2. The third-order valence-corrected chi connectivity index (χ3v) is 5.38. The molecule has 3 N–H and O–H groups in total. The second-order valence-corrected chi connectivity index (χ2v) is 6.65. The largest absolute Gasteiger partial charge is 0.398 e. The lowest BCUT2D eigenvalue weighted by Gasteiger charge is -2.36. The summed E-state index contributed by atoms with van der Waals surface area (Å²) in [5, 5.41) is 14.2. The molecule has 1 fully saturated rings. The van der Waals surface area contributed by atoms with Gasteiger partial charge in [-0.1, -0.05) is 19.3 Å². The number of hydrogen-bond acceptors (Lipinski definition) is 5. The van der Waals surface area contributed by atoms with Crippen LogP contribution >= 0.6 is 11.8 Å². The van der Waals surface area contributed by atoms with Crippen molar-refractivity contribution >= 4 is 28.8 Å². The number of nitrogens with one attached hydrogen (secondary N) is 1. The Morgan fingerprint density at radius 2 is 2.05 bits per heavy atom. The number of nitrogen functional groups attached to an aromatic ring is 1. The quantitative estimate of drug-likeness (QED) is 0.492. The Morgan fingerprint density at radius 1 is 1.35 bits per heavy atom. The van der Waals surface area contributed by atoms with Gasteiger partial charge in [-0.25, -0.2) is 0 Å². The number of non-ortho nitro benzene ring substituents is 1. The highest BCUT2D eigenvalue weighted by atomic mass is 32.2. The SMILES string of the molecule is CSC1(CNc2cc(N)cc([N+](=O)[O-])c2)CCCCC1. The summed E-state index contributed by atoms with van der Waals surface area (Å²) in [4.78, 5) is 10.4. The molecule has 0 saturated heterocycles. The van der Waals surface area contributed by atoms with Crippen molar-refractivity contribution in [1.29, 1.82) is 0 Å². The molecule has 1 aliphatic carbocycles. The van der Waals surface area contributed by atoms with Gasteiger partial charge < -0.3 is 11.1 Å². The van der Waals surface area contributed by atoms with E-state index in [1.54, 1.807) is 12.1 Å². The second-order valence-electron chi connectivity index (χ2n) is 5.37. The van der Waals surface area contributed by atoms with Crippen molar-refractivity contribution in [2.24, 2.45) is 0 Å². The predicted molar refractivity (Wildman–Crippen MR) is 85.3 cm³/mol. The van der Waals surface area contributed by atoms with Gasteiger partial charge in [0.1, 0.15) is 0 Å². The fourth-order valence-electron chi connectivity index (χ4n) is 2.75. The molecule has 0 unspecified atom stereocenters. The van der Waals surface area contributed by atoms with Crippen molar-refractivity contribution in [1.82, 2.24) is 0 Å². The summed E-state index contributed by atoms with van der Waals surface area (Å²) in [6.45, 7) is 0.828. The number of nitrogens with zero attached hydrogens (tertiary/aromatic N) is 1. The Bertz CT molecular complexity index is 487. The summed E-state index contributed by atoms with van der Waals surface area (Å²) in [6, 6.07) is 4.69. The molecule has 0 spiro atoms. The molecule has 0 aromatic heterocycles. The normalized spacial score (nSPS) is 17.6. The molecule has 110 valence electrons. The van der Waals surface area contributed by atoms with E-state index in [2.05, 4.69) is 11.6 Å². The molecule has 2 rings (SSSR count). The Kier molecular flexibility index (Phi) is 4.75. The molecule has 0 atom stereocenters. The van der Waals surface area contributed by atoms with Crippen molar-refractivity contribution < 1.29 is 4.92 Å². The van der Waals surface area contributed by atoms with E-state index in [4.69, 9.17) is 5.73 Å². The van der Waals surface area contributed by atoms with Gasteiger partial charge in [-0.05, 0) is 25.2 Å². The summed E-state index contributed by atoms with van der Waals surface area (Å²) in [7, 11) is 0. The fourth-order valence-corrected chi connectivity index (χ4v) is 3.67. The Hall–Kier alpha value is -1.43. The van der Waals surface area contributed by atoms with Crippen LogP contribution in [-0.2, 0) is 0 Å². The summed E-state index contributed by atoms with van der Waals surface area (Å²) >= 11 is 1.90. The summed E-state index contributed by atoms with van der Waals surface area (Å²) in [5.74, 6) is 0. The van der Waals surface area contributed by atoms with Crippen LogP contribution in [0.3, 0.4) is 0 Å². The van der Waals surface area contributed by atoms with E-state index in [-0.39, 0.29) is 10.4 Å². The molecule has 0 aliphatic heterocycles. The Morgan fingerprint density at radius 3 is 2.65 bits per heavy atom. The molecule has 1 aliphatic rings. The Balaban J connectivity index is 2.07. The molecule has 20 heavy (non-hydrogen) atoms. The average Bonchev–Trinajstić information content (AvgIpc) is 2.45. The molecule has 6 heteroatoms. The van der Waals surface area contributed by atoms with E-state index < -0.39 is 4.92 Å². The van der Waals surface area contributed by atoms with Gasteiger partial charge >= 0.3 is 0 Å². The van der Waals surface area contributed by atoms with Crippen molar-refractivity contribution in [3.63, 3.8) is 0 Å². The second kappa shape index (κ2) is 6.35. The van der Waals surface area contributed by atoms with E-state index in [0.717, 1.165) is 12.2 Å². The van der Waals surface area contributed by atoms with Gasteiger partial charge in [-0.3, -0.25) is 10.1 Å². The highest BCUT2D eigenvalue weighted by Gasteiger charge is 2.30. The molecule has 5 nitrogen and oxygen atoms in total. The van der Waals surface area contributed by atoms with Crippen molar-refractivity contribution in [2.45, 2.75) is 36.9 Å². The van der Waals surface area contributed by atoms with Crippen LogP contribution in [0.2, 0.25) is 0 Å². The topological polar surface area (TPSA) is 81.2 Å². The molecule has 0 radical (unpaired) electrons. The van der Waals surface area contributed by atoms with E-state index in [1.165, 1.54) is 38.2 Å². The number of nitrogens with two attached hydrogens (primary N) is 1. The molecule has 0 heterocycles. The van der Waals surface area contributed by atoms with Crippen LogP contribution in [-0.4, -0.2) is 22.5 Å². The molecular weight excluding hydrogens is 274 g/mol. The number of anilines is 2. The molecule has 1 aromatic rings.